The summed E-state index contributed by atoms with van der Waals surface area (Å²) >= 11 is 1.55. The van der Waals surface area contributed by atoms with Crippen molar-refractivity contribution in [2.24, 2.45) is 5.92 Å². The van der Waals surface area contributed by atoms with Crippen LogP contribution in [0, 0.1) is 5.92 Å². The van der Waals surface area contributed by atoms with Crippen molar-refractivity contribution in [1.29, 1.82) is 0 Å². The quantitative estimate of drug-likeness (QED) is 0.746. The second-order valence-electron chi connectivity index (χ2n) is 5.78. The van der Waals surface area contributed by atoms with Crippen LogP contribution in [0.4, 0.5) is 0 Å². The Labute approximate surface area is 124 Å². The van der Waals surface area contributed by atoms with Crippen molar-refractivity contribution in [2.75, 3.05) is 0 Å². The second kappa shape index (κ2) is 6.31. The standard InChI is InChI=1S/C17H21NOS/c1-11(2)10-14-16(12(3)4)20-17(18-14)15(19)13-8-6-5-7-9-13/h5-9,11-12H,10H2,1-4H3. The van der Waals surface area contributed by atoms with Crippen LogP contribution in [0.25, 0.3) is 0 Å². The average molecular weight is 287 g/mol. The number of benzene rings is 1. The van der Waals surface area contributed by atoms with Crippen LogP contribution in [0.5, 0.6) is 0 Å². The van der Waals surface area contributed by atoms with E-state index in [9.17, 15) is 4.79 Å². The summed E-state index contributed by atoms with van der Waals surface area (Å²) in [5.74, 6) is 1.00. The van der Waals surface area contributed by atoms with Crippen molar-refractivity contribution in [1.82, 2.24) is 4.98 Å². The van der Waals surface area contributed by atoms with Crippen molar-refractivity contribution < 1.29 is 4.79 Å². The second-order valence-corrected chi connectivity index (χ2v) is 6.81. The Morgan fingerprint density at radius 3 is 2.35 bits per heavy atom. The Balaban J connectivity index is 2.36. The Hall–Kier alpha value is -1.48. The molecule has 3 heteroatoms. The molecule has 0 saturated heterocycles. The van der Waals surface area contributed by atoms with Gasteiger partial charge in [0.15, 0.2) is 5.01 Å². The molecule has 1 aromatic heterocycles. The van der Waals surface area contributed by atoms with Crippen LogP contribution in [0.15, 0.2) is 30.3 Å². The molecule has 106 valence electrons. The van der Waals surface area contributed by atoms with Gasteiger partial charge in [0.1, 0.15) is 0 Å². The fourth-order valence-corrected chi connectivity index (χ4v) is 3.21. The number of aromatic nitrogens is 1. The van der Waals surface area contributed by atoms with Gasteiger partial charge in [0, 0.05) is 10.4 Å². The van der Waals surface area contributed by atoms with E-state index in [1.54, 1.807) is 11.3 Å². The average Bonchev–Trinajstić information content (AvgIpc) is 2.82. The summed E-state index contributed by atoms with van der Waals surface area (Å²) in [5, 5.41) is 0.621. The van der Waals surface area contributed by atoms with Gasteiger partial charge in [-0.05, 0) is 18.3 Å². The van der Waals surface area contributed by atoms with Crippen molar-refractivity contribution in [3.05, 3.63) is 51.5 Å². The first-order valence-corrected chi connectivity index (χ1v) is 7.90. The molecule has 0 spiro atoms. The number of ketones is 1. The number of carbonyl (C=O) groups excluding carboxylic acids is 1. The van der Waals surface area contributed by atoms with Crippen molar-refractivity contribution in [3.63, 3.8) is 0 Å². The highest BCUT2D eigenvalue weighted by atomic mass is 32.1. The molecular weight excluding hydrogens is 266 g/mol. The summed E-state index contributed by atoms with van der Waals surface area (Å²) in [5.41, 5.74) is 1.81. The van der Waals surface area contributed by atoms with Crippen LogP contribution in [0.3, 0.4) is 0 Å². The smallest absolute Gasteiger partial charge is 0.221 e. The lowest BCUT2D eigenvalue weighted by Crippen LogP contribution is -2.02. The van der Waals surface area contributed by atoms with Gasteiger partial charge in [0.05, 0.1) is 5.69 Å². The normalized spacial score (nSPS) is 11.3. The van der Waals surface area contributed by atoms with E-state index in [0.717, 1.165) is 12.1 Å². The van der Waals surface area contributed by atoms with Crippen LogP contribution in [0.2, 0.25) is 0 Å². The zero-order valence-corrected chi connectivity index (χ0v) is 13.3. The molecule has 0 aliphatic rings. The number of carbonyl (C=O) groups is 1. The Bertz CT molecular complexity index is 584. The maximum atomic E-state index is 12.5. The molecule has 2 rings (SSSR count). The third-order valence-corrected chi connectivity index (χ3v) is 4.48. The molecule has 0 aliphatic heterocycles. The summed E-state index contributed by atoms with van der Waals surface area (Å²) in [6.07, 6.45) is 0.937. The SMILES string of the molecule is CC(C)Cc1nc(C(=O)c2ccccc2)sc1C(C)C. The van der Waals surface area contributed by atoms with Gasteiger partial charge >= 0.3 is 0 Å². The number of thiazole rings is 1. The molecule has 0 aliphatic carbocycles. The monoisotopic (exact) mass is 287 g/mol. The number of nitrogens with zero attached hydrogens (tertiary/aromatic N) is 1. The maximum Gasteiger partial charge on any atom is 0.221 e. The van der Waals surface area contributed by atoms with Gasteiger partial charge in [-0.1, -0.05) is 58.0 Å². The lowest BCUT2D eigenvalue weighted by molar-refractivity contribution is 0.103. The summed E-state index contributed by atoms with van der Waals surface area (Å²) in [4.78, 5) is 18.3. The summed E-state index contributed by atoms with van der Waals surface area (Å²) in [7, 11) is 0. The van der Waals surface area contributed by atoms with Crippen LogP contribution in [0.1, 0.15) is 59.5 Å². The predicted octanol–water partition coefficient (Wildman–Crippen LogP) is 4.70. The van der Waals surface area contributed by atoms with Gasteiger partial charge in [-0.3, -0.25) is 4.79 Å². The highest BCUT2D eigenvalue weighted by molar-refractivity contribution is 7.14. The Kier molecular flexibility index (Phi) is 4.71. The lowest BCUT2D eigenvalue weighted by atomic mass is 10.0. The third kappa shape index (κ3) is 3.34. The minimum Gasteiger partial charge on any atom is -0.286 e. The molecule has 2 nitrogen and oxygen atoms in total. The van der Waals surface area contributed by atoms with Crippen molar-refractivity contribution >= 4 is 17.1 Å². The van der Waals surface area contributed by atoms with Gasteiger partial charge in [-0.25, -0.2) is 4.98 Å². The highest BCUT2D eigenvalue weighted by Gasteiger charge is 2.20. The zero-order chi connectivity index (χ0) is 14.7. The van der Waals surface area contributed by atoms with Gasteiger partial charge in [0.2, 0.25) is 5.78 Å². The molecule has 20 heavy (non-hydrogen) atoms. The predicted molar refractivity (Wildman–Crippen MR) is 84.6 cm³/mol. The first kappa shape index (κ1) is 14.9. The molecule has 0 bridgehead atoms. The first-order chi connectivity index (χ1) is 9.49. The van der Waals surface area contributed by atoms with Crippen molar-refractivity contribution in [3.8, 4) is 0 Å². The van der Waals surface area contributed by atoms with Gasteiger partial charge in [-0.15, -0.1) is 11.3 Å². The van der Waals surface area contributed by atoms with E-state index in [2.05, 4.69) is 32.7 Å². The summed E-state index contributed by atoms with van der Waals surface area (Å²) < 4.78 is 0. The fraction of sp³-hybridized carbons (Fsp3) is 0.412. The molecule has 0 radical (unpaired) electrons. The summed E-state index contributed by atoms with van der Waals surface area (Å²) in [6, 6.07) is 9.39. The topological polar surface area (TPSA) is 30.0 Å². The Morgan fingerprint density at radius 1 is 1.15 bits per heavy atom. The fourth-order valence-electron chi connectivity index (χ4n) is 2.16. The van der Waals surface area contributed by atoms with Gasteiger partial charge < -0.3 is 0 Å². The molecular formula is C17H21NOS. The molecule has 0 fully saturated rings. The van der Waals surface area contributed by atoms with E-state index in [0.29, 0.717) is 22.4 Å². The van der Waals surface area contributed by atoms with Crippen LogP contribution < -0.4 is 0 Å². The van der Waals surface area contributed by atoms with E-state index in [1.807, 2.05) is 30.3 Å². The maximum absolute atomic E-state index is 12.5. The van der Waals surface area contributed by atoms with Crippen LogP contribution >= 0.6 is 11.3 Å². The van der Waals surface area contributed by atoms with E-state index >= 15 is 0 Å². The summed E-state index contributed by atoms with van der Waals surface area (Å²) in [6.45, 7) is 8.69. The van der Waals surface area contributed by atoms with Crippen LogP contribution in [-0.4, -0.2) is 10.8 Å². The molecule has 0 unspecified atom stereocenters. The Morgan fingerprint density at radius 2 is 1.80 bits per heavy atom. The zero-order valence-electron chi connectivity index (χ0n) is 12.5. The largest absolute Gasteiger partial charge is 0.286 e. The van der Waals surface area contributed by atoms with E-state index in [1.165, 1.54) is 4.88 Å². The first-order valence-electron chi connectivity index (χ1n) is 7.08. The van der Waals surface area contributed by atoms with E-state index in [-0.39, 0.29) is 5.78 Å². The van der Waals surface area contributed by atoms with E-state index < -0.39 is 0 Å². The minimum atomic E-state index is 0.0347. The lowest BCUT2D eigenvalue weighted by Gasteiger charge is -2.06. The van der Waals surface area contributed by atoms with Crippen LogP contribution in [-0.2, 0) is 6.42 Å². The van der Waals surface area contributed by atoms with Gasteiger partial charge in [-0.2, -0.15) is 0 Å². The number of hydrogen-bond acceptors (Lipinski definition) is 3. The highest BCUT2D eigenvalue weighted by Crippen LogP contribution is 2.29. The number of rotatable bonds is 5. The minimum absolute atomic E-state index is 0.0347. The third-order valence-electron chi connectivity index (χ3n) is 3.08. The van der Waals surface area contributed by atoms with Crippen molar-refractivity contribution in [2.45, 2.75) is 40.0 Å². The van der Waals surface area contributed by atoms with Gasteiger partial charge in [0.25, 0.3) is 0 Å². The van der Waals surface area contributed by atoms with E-state index in [4.69, 9.17) is 0 Å². The molecule has 0 saturated carbocycles. The molecule has 2 aromatic rings. The molecule has 0 atom stereocenters. The molecule has 1 aromatic carbocycles. The molecule has 1 heterocycles. The number of hydrogen-bond donors (Lipinski definition) is 0. The molecule has 0 N–H and O–H groups in total. The molecule has 0 amide bonds.